The minimum Gasteiger partial charge on any atom is -0.298 e. The quantitative estimate of drug-likeness (QED) is 0.345. The Kier molecular flexibility index (Phi) is 7.70. The van der Waals surface area contributed by atoms with Gasteiger partial charge in [0.05, 0.1) is 6.04 Å². The fourth-order valence-electron chi connectivity index (χ4n) is 3.60. The number of ketones is 2. The van der Waals surface area contributed by atoms with E-state index < -0.39 is 5.41 Å². The average Bonchev–Trinajstić information content (AvgIpc) is 3.12. The fraction of sp³-hybridized carbons (Fsp3) is 0.591. The van der Waals surface area contributed by atoms with Crippen LogP contribution in [0, 0.1) is 5.41 Å². The highest BCUT2D eigenvalue weighted by atomic mass is 16.2. The van der Waals surface area contributed by atoms with Crippen LogP contribution in [0.4, 0.5) is 0 Å². The number of carbonyl (C=O) groups excluding carboxylic acids is 3. The Hall–Kier alpha value is -1.81. The summed E-state index contributed by atoms with van der Waals surface area (Å²) in [7, 11) is 0. The summed E-state index contributed by atoms with van der Waals surface area (Å²) in [6.45, 7) is 5.22. The number of nitrogens with zero attached hydrogens (tertiary/aromatic N) is 1. The van der Waals surface area contributed by atoms with Gasteiger partial charge in [0.25, 0.3) is 0 Å². The Balaban J connectivity index is 1.75. The van der Waals surface area contributed by atoms with E-state index in [1.807, 2.05) is 18.2 Å². The van der Waals surface area contributed by atoms with Crippen molar-refractivity contribution in [2.75, 3.05) is 13.1 Å². The number of hydrogen-bond acceptors (Lipinski definition) is 4. The summed E-state index contributed by atoms with van der Waals surface area (Å²) in [5, 5.41) is 0. The third kappa shape index (κ3) is 5.87. The van der Waals surface area contributed by atoms with E-state index in [1.165, 1.54) is 5.56 Å². The molecule has 1 fully saturated rings. The molecule has 0 aliphatic carbocycles. The monoisotopic (exact) mass is 357 g/mol. The summed E-state index contributed by atoms with van der Waals surface area (Å²) in [4.78, 5) is 37.3. The lowest BCUT2D eigenvalue weighted by Gasteiger charge is -2.28. The van der Waals surface area contributed by atoms with Crippen molar-refractivity contribution in [2.45, 2.75) is 64.8 Å². The van der Waals surface area contributed by atoms with E-state index in [-0.39, 0.29) is 11.8 Å². The van der Waals surface area contributed by atoms with Crippen LogP contribution in [-0.4, -0.2) is 41.9 Å². The number of aldehydes is 1. The summed E-state index contributed by atoms with van der Waals surface area (Å²) >= 11 is 0. The van der Waals surface area contributed by atoms with Gasteiger partial charge in [0.2, 0.25) is 5.78 Å². The number of carbonyl (C=O) groups is 3. The first-order valence-electron chi connectivity index (χ1n) is 9.74. The lowest BCUT2D eigenvalue weighted by Crippen LogP contribution is -2.39. The standard InChI is InChI=1S/C22H31NO3/c1-22(2,21(26)17-24)14-16-23-15-8-12-19(23)20(25)13-7-6-11-18-9-4-3-5-10-18/h3-5,9-10,17,19H,6-8,11-16H2,1-2H3. The first-order valence-corrected chi connectivity index (χ1v) is 9.74. The van der Waals surface area contributed by atoms with Crippen molar-refractivity contribution in [1.29, 1.82) is 0 Å². The Labute approximate surface area is 157 Å². The molecule has 0 amide bonds. The smallest absolute Gasteiger partial charge is 0.200 e. The second-order valence-electron chi connectivity index (χ2n) is 7.97. The van der Waals surface area contributed by atoms with Gasteiger partial charge in [-0.15, -0.1) is 0 Å². The van der Waals surface area contributed by atoms with Gasteiger partial charge in [-0.1, -0.05) is 44.2 Å². The van der Waals surface area contributed by atoms with Crippen molar-refractivity contribution in [3.8, 4) is 0 Å². The van der Waals surface area contributed by atoms with E-state index in [9.17, 15) is 14.4 Å². The summed E-state index contributed by atoms with van der Waals surface area (Å²) in [5.41, 5.74) is 0.678. The molecule has 0 saturated carbocycles. The molecule has 142 valence electrons. The van der Waals surface area contributed by atoms with Crippen LogP contribution in [0.3, 0.4) is 0 Å². The molecule has 1 saturated heterocycles. The van der Waals surface area contributed by atoms with Gasteiger partial charge < -0.3 is 0 Å². The number of hydrogen-bond donors (Lipinski definition) is 0. The highest BCUT2D eigenvalue weighted by Gasteiger charge is 2.33. The van der Waals surface area contributed by atoms with E-state index >= 15 is 0 Å². The first kappa shape index (κ1) is 20.5. The van der Waals surface area contributed by atoms with Crippen LogP contribution in [0.15, 0.2) is 30.3 Å². The number of benzene rings is 1. The van der Waals surface area contributed by atoms with E-state index in [4.69, 9.17) is 0 Å². The maximum atomic E-state index is 12.6. The van der Waals surface area contributed by atoms with Crippen molar-refractivity contribution in [3.63, 3.8) is 0 Å². The Morgan fingerprint density at radius 2 is 1.92 bits per heavy atom. The molecule has 2 rings (SSSR count). The maximum absolute atomic E-state index is 12.6. The van der Waals surface area contributed by atoms with Gasteiger partial charge in [-0.3, -0.25) is 19.3 Å². The summed E-state index contributed by atoms with van der Waals surface area (Å²) in [5.74, 6) is -0.0319. The molecule has 4 nitrogen and oxygen atoms in total. The normalized spacial score (nSPS) is 18.0. The maximum Gasteiger partial charge on any atom is 0.200 e. The largest absolute Gasteiger partial charge is 0.298 e. The second-order valence-corrected chi connectivity index (χ2v) is 7.97. The zero-order valence-electron chi connectivity index (χ0n) is 16.1. The van der Waals surface area contributed by atoms with Crippen LogP contribution in [0.2, 0.25) is 0 Å². The molecule has 0 N–H and O–H groups in total. The Bertz CT molecular complexity index is 609. The Morgan fingerprint density at radius 1 is 1.19 bits per heavy atom. The van der Waals surface area contributed by atoms with Gasteiger partial charge >= 0.3 is 0 Å². The van der Waals surface area contributed by atoms with Gasteiger partial charge in [-0.25, -0.2) is 0 Å². The number of aryl methyl sites for hydroxylation is 1. The summed E-state index contributed by atoms with van der Waals surface area (Å²) in [6, 6.07) is 10.4. The van der Waals surface area contributed by atoms with E-state index in [0.717, 1.165) is 38.6 Å². The molecule has 0 bridgehead atoms. The molecule has 1 atom stereocenters. The lowest BCUT2D eigenvalue weighted by molar-refractivity contribution is -0.136. The molecule has 1 unspecified atom stereocenters. The third-order valence-electron chi connectivity index (χ3n) is 5.51. The van der Waals surface area contributed by atoms with Gasteiger partial charge in [-0.2, -0.15) is 0 Å². The molecule has 1 aliphatic heterocycles. The predicted molar refractivity (Wildman–Crippen MR) is 103 cm³/mol. The molecule has 4 heteroatoms. The lowest BCUT2D eigenvalue weighted by atomic mass is 9.85. The average molecular weight is 357 g/mol. The van der Waals surface area contributed by atoms with Crippen LogP contribution in [0.5, 0.6) is 0 Å². The van der Waals surface area contributed by atoms with Gasteiger partial charge in [0, 0.05) is 11.8 Å². The first-order chi connectivity index (χ1) is 12.4. The summed E-state index contributed by atoms with van der Waals surface area (Å²) in [6.07, 6.45) is 6.58. The van der Waals surface area contributed by atoms with Gasteiger partial charge in [0.15, 0.2) is 6.29 Å². The van der Waals surface area contributed by atoms with Crippen molar-refractivity contribution in [2.24, 2.45) is 5.41 Å². The highest BCUT2D eigenvalue weighted by molar-refractivity contribution is 6.27. The molecule has 0 aromatic heterocycles. The number of unbranched alkanes of at least 4 members (excludes halogenated alkanes) is 1. The fourth-order valence-corrected chi connectivity index (χ4v) is 3.60. The van der Waals surface area contributed by atoms with Crippen LogP contribution in [0.25, 0.3) is 0 Å². The Morgan fingerprint density at radius 3 is 2.62 bits per heavy atom. The van der Waals surface area contributed by atoms with Crippen LogP contribution >= 0.6 is 0 Å². The molecule has 1 heterocycles. The molecule has 0 spiro atoms. The highest BCUT2D eigenvalue weighted by Crippen LogP contribution is 2.26. The van der Waals surface area contributed by atoms with E-state index in [2.05, 4.69) is 17.0 Å². The van der Waals surface area contributed by atoms with Crippen LogP contribution < -0.4 is 0 Å². The van der Waals surface area contributed by atoms with Crippen LogP contribution in [0.1, 0.15) is 57.9 Å². The molecular formula is C22H31NO3. The number of likely N-dealkylation sites (tertiary alicyclic amines) is 1. The number of Topliss-reactive ketones (excluding diaryl/α,β-unsaturated/α-hetero) is 2. The van der Waals surface area contributed by atoms with E-state index in [1.54, 1.807) is 13.8 Å². The van der Waals surface area contributed by atoms with Crippen LogP contribution in [-0.2, 0) is 20.8 Å². The SMILES string of the molecule is CC(C)(CCN1CCCC1C(=O)CCCCc1ccccc1)C(=O)C=O. The minimum atomic E-state index is -0.645. The molecule has 26 heavy (non-hydrogen) atoms. The molecule has 1 aromatic rings. The number of rotatable bonds is 11. The molecule has 0 radical (unpaired) electrons. The van der Waals surface area contributed by atoms with Crippen molar-refractivity contribution in [3.05, 3.63) is 35.9 Å². The van der Waals surface area contributed by atoms with E-state index in [0.29, 0.717) is 31.5 Å². The van der Waals surface area contributed by atoms with Gasteiger partial charge in [0.1, 0.15) is 5.78 Å². The van der Waals surface area contributed by atoms with Gasteiger partial charge in [-0.05, 0) is 57.2 Å². The van der Waals surface area contributed by atoms with Crippen molar-refractivity contribution < 1.29 is 14.4 Å². The molecule has 1 aliphatic rings. The summed E-state index contributed by atoms with van der Waals surface area (Å²) < 4.78 is 0. The third-order valence-corrected chi connectivity index (χ3v) is 5.51. The topological polar surface area (TPSA) is 54.5 Å². The predicted octanol–water partition coefficient (Wildman–Crippen LogP) is 3.62. The molecular weight excluding hydrogens is 326 g/mol. The molecule has 1 aromatic carbocycles. The van der Waals surface area contributed by atoms with Crippen molar-refractivity contribution in [1.82, 2.24) is 4.90 Å². The zero-order valence-corrected chi connectivity index (χ0v) is 16.1. The minimum absolute atomic E-state index is 0.00569. The van der Waals surface area contributed by atoms with Crippen molar-refractivity contribution >= 4 is 17.9 Å². The zero-order chi connectivity index (χ0) is 19.0. The second kappa shape index (κ2) is 9.77.